The number of fused-ring (bicyclic) bond motifs is 3. The normalized spacial score (nSPS) is 12.4. The van der Waals surface area contributed by atoms with Gasteiger partial charge >= 0.3 is 0 Å². The van der Waals surface area contributed by atoms with E-state index < -0.39 is 0 Å². The maximum atomic E-state index is 6.39. The quantitative estimate of drug-likeness (QED) is 0.239. The van der Waals surface area contributed by atoms with Gasteiger partial charge in [0.25, 0.3) is 0 Å². The first-order valence-corrected chi connectivity index (χ1v) is 14.0. The zero-order valence-electron chi connectivity index (χ0n) is 22.5. The van der Waals surface area contributed by atoms with Crippen LogP contribution in [0, 0.1) is 12.8 Å². The van der Waals surface area contributed by atoms with Gasteiger partial charge in [-0.3, -0.25) is 4.98 Å². The molecule has 0 saturated carbocycles. The van der Waals surface area contributed by atoms with Crippen LogP contribution in [0.2, 0.25) is 0 Å². The number of hydrogen-bond donors (Lipinski definition) is 0. The van der Waals surface area contributed by atoms with Crippen LogP contribution in [0.3, 0.4) is 0 Å². The van der Waals surface area contributed by atoms with E-state index in [1.165, 1.54) is 47.8 Å². The first-order valence-electron chi connectivity index (χ1n) is 13.1. The monoisotopic (exact) mass is 503 g/mol. The maximum absolute atomic E-state index is 6.39. The summed E-state index contributed by atoms with van der Waals surface area (Å²) in [6.45, 7) is 13.5. The molecule has 3 heterocycles. The average Bonchev–Trinajstić information content (AvgIpc) is 3.43. The summed E-state index contributed by atoms with van der Waals surface area (Å²) in [6, 6.07) is 24.3. The van der Waals surface area contributed by atoms with Gasteiger partial charge in [-0.2, -0.15) is 0 Å². The van der Waals surface area contributed by atoms with Gasteiger partial charge in [-0.15, -0.1) is 11.3 Å². The van der Waals surface area contributed by atoms with Crippen LogP contribution in [-0.2, 0) is 11.8 Å². The molecular weight excluding hydrogens is 470 g/mol. The molecule has 2 nitrogen and oxygen atoms in total. The van der Waals surface area contributed by atoms with Crippen molar-refractivity contribution in [2.24, 2.45) is 5.92 Å². The lowest BCUT2D eigenvalue weighted by atomic mass is 9.82. The maximum Gasteiger partial charge on any atom is 0.143 e. The largest absolute Gasteiger partial charge is 0.460 e. The van der Waals surface area contributed by atoms with E-state index in [1.54, 1.807) is 0 Å². The summed E-state index contributed by atoms with van der Waals surface area (Å²) in [5.41, 5.74) is 7.09. The van der Waals surface area contributed by atoms with Crippen LogP contribution < -0.4 is 0 Å². The topological polar surface area (TPSA) is 26.0 Å². The Morgan fingerprint density at radius 1 is 0.892 bits per heavy atom. The molecule has 0 aliphatic carbocycles. The predicted octanol–water partition coefficient (Wildman–Crippen LogP) is 10.3. The predicted molar refractivity (Wildman–Crippen MR) is 160 cm³/mol. The number of hydrogen-bond acceptors (Lipinski definition) is 3. The van der Waals surface area contributed by atoms with Crippen molar-refractivity contribution in [2.75, 3.05) is 0 Å². The number of benzene rings is 3. The number of nitrogens with zero attached hydrogens (tertiary/aromatic N) is 1. The van der Waals surface area contributed by atoms with E-state index in [0.717, 1.165) is 29.0 Å². The van der Waals surface area contributed by atoms with Gasteiger partial charge in [0, 0.05) is 43.2 Å². The Morgan fingerprint density at radius 2 is 1.68 bits per heavy atom. The molecule has 6 aromatic rings. The molecule has 3 aromatic carbocycles. The molecule has 0 unspecified atom stereocenters. The fourth-order valence-corrected chi connectivity index (χ4v) is 6.62. The lowest BCUT2D eigenvalue weighted by Crippen LogP contribution is -2.12. The second-order valence-corrected chi connectivity index (χ2v) is 12.7. The molecule has 0 aliphatic heterocycles. The first-order chi connectivity index (χ1) is 17.7. The van der Waals surface area contributed by atoms with Crippen molar-refractivity contribution >= 4 is 43.2 Å². The lowest BCUT2D eigenvalue weighted by molar-refractivity contribution is 0.560. The highest BCUT2D eigenvalue weighted by molar-refractivity contribution is 7.22. The van der Waals surface area contributed by atoms with Gasteiger partial charge in [0.05, 0.1) is 5.69 Å². The van der Waals surface area contributed by atoms with Crippen molar-refractivity contribution in [1.82, 2.24) is 4.98 Å². The summed E-state index contributed by atoms with van der Waals surface area (Å²) in [7, 11) is 0. The molecule has 0 atom stereocenters. The van der Waals surface area contributed by atoms with Crippen LogP contribution >= 0.6 is 11.3 Å². The number of aryl methyl sites for hydroxylation is 1. The van der Waals surface area contributed by atoms with Gasteiger partial charge < -0.3 is 4.42 Å². The second-order valence-electron chi connectivity index (χ2n) is 11.6. The van der Waals surface area contributed by atoms with Crippen molar-refractivity contribution in [3.8, 4) is 21.7 Å². The zero-order valence-corrected chi connectivity index (χ0v) is 23.3. The fourth-order valence-electron chi connectivity index (χ4n) is 5.54. The third-order valence-electron chi connectivity index (χ3n) is 7.29. The number of thiophene rings is 1. The Bertz CT molecular complexity index is 1780. The minimum atomic E-state index is 0.0315. The van der Waals surface area contributed by atoms with E-state index in [0.29, 0.717) is 5.92 Å². The van der Waals surface area contributed by atoms with Gasteiger partial charge in [0.15, 0.2) is 0 Å². The minimum absolute atomic E-state index is 0.0315. The molecule has 0 bridgehead atoms. The van der Waals surface area contributed by atoms with E-state index in [-0.39, 0.29) is 5.41 Å². The van der Waals surface area contributed by atoms with Gasteiger partial charge in [-0.25, -0.2) is 0 Å². The van der Waals surface area contributed by atoms with Crippen LogP contribution in [0.5, 0.6) is 0 Å². The molecule has 0 N–H and O–H groups in total. The van der Waals surface area contributed by atoms with Crippen molar-refractivity contribution in [1.29, 1.82) is 0 Å². The van der Waals surface area contributed by atoms with Crippen LogP contribution in [-0.4, -0.2) is 4.98 Å². The van der Waals surface area contributed by atoms with Crippen molar-refractivity contribution in [3.05, 3.63) is 89.8 Å². The minimum Gasteiger partial charge on any atom is -0.460 e. The summed E-state index contributed by atoms with van der Waals surface area (Å²) in [5, 5.41) is 5.01. The zero-order chi connectivity index (χ0) is 25.9. The van der Waals surface area contributed by atoms with Crippen molar-refractivity contribution in [3.63, 3.8) is 0 Å². The molecule has 0 fully saturated rings. The van der Waals surface area contributed by atoms with Crippen molar-refractivity contribution < 1.29 is 4.42 Å². The average molecular weight is 504 g/mol. The third-order valence-corrected chi connectivity index (χ3v) is 8.42. The van der Waals surface area contributed by atoms with Gasteiger partial charge in [-0.1, -0.05) is 71.0 Å². The second kappa shape index (κ2) is 8.85. The highest BCUT2D eigenvalue weighted by Crippen LogP contribution is 2.43. The smallest absolute Gasteiger partial charge is 0.143 e. The molecule has 186 valence electrons. The Morgan fingerprint density at radius 3 is 2.46 bits per heavy atom. The lowest BCUT2D eigenvalue weighted by Gasteiger charge is -2.22. The number of aromatic nitrogens is 1. The molecule has 37 heavy (non-hydrogen) atoms. The van der Waals surface area contributed by atoms with Crippen LogP contribution in [0.15, 0.2) is 77.3 Å². The molecule has 3 aromatic heterocycles. The third kappa shape index (κ3) is 4.16. The Hall–Kier alpha value is -3.43. The Balaban J connectivity index is 1.55. The SMILES string of the molecule is Cc1oc2c(-c3cc4c(-c5cc(C(C)(C)C)c6ccccc6c5)nccc4s3)cccc2c1CC(C)C. The molecular formula is C34H33NOS. The fraction of sp³-hybridized carbons (Fsp3) is 0.265. The van der Waals surface area contributed by atoms with Gasteiger partial charge in [0.2, 0.25) is 0 Å². The molecule has 0 aliphatic rings. The summed E-state index contributed by atoms with van der Waals surface area (Å²) in [4.78, 5) is 6.13. The van der Waals surface area contributed by atoms with E-state index in [9.17, 15) is 0 Å². The van der Waals surface area contributed by atoms with E-state index in [4.69, 9.17) is 9.40 Å². The van der Waals surface area contributed by atoms with Crippen LogP contribution in [0.25, 0.3) is 53.5 Å². The molecule has 0 amide bonds. The Labute approximate surface area is 223 Å². The molecule has 0 spiro atoms. The molecule has 6 rings (SSSR count). The van der Waals surface area contributed by atoms with Gasteiger partial charge in [0.1, 0.15) is 11.3 Å². The summed E-state index contributed by atoms with van der Waals surface area (Å²) < 4.78 is 7.63. The summed E-state index contributed by atoms with van der Waals surface area (Å²) >= 11 is 1.82. The summed E-state index contributed by atoms with van der Waals surface area (Å²) in [5.74, 6) is 1.62. The summed E-state index contributed by atoms with van der Waals surface area (Å²) in [6.07, 6.45) is 2.98. The molecule has 3 heteroatoms. The standard InChI is InChI=1S/C34H33NOS/c1-20(2)16-27-21(3)36-33-25(27)12-9-13-26(33)31-19-28-30(37-31)14-15-35-32(28)23-17-22-10-7-8-11-24(22)29(18-23)34(4,5)6/h7-15,17-20H,16H2,1-6H3. The number of para-hydroxylation sites is 1. The first kappa shape index (κ1) is 23.9. The number of pyridine rings is 1. The van der Waals surface area contributed by atoms with E-state index >= 15 is 0 Å². The highest BCUT2D eigenvalue weighted by Gasteiger charge is 2.21. The Kier molecular flexibility index (Phi) is 5.72. The molecule has 0 radical (unpaired) electrons. The van der Waals surface area contributed by atoms with E-state index in [1.807, 2.05) is 17.5 Å². The number of furan rings is 1. The van der Waals surface area contributed by atoms with E-state index in [2.05, 4.69) is 108 Å². The van der Waals surface area contributed by atoms with Crippen LogP contribution in [0.1, 0.15) is 51.5 Å². The molecule has 0 saturated heterocycles. The van der Waals surface area contributed by atoms with Gasteiger partial charge in [-0.05, 0) is 71.3 Å². The number of rotatable bonds is 4. The van der Waals surface area contributed by atoms with Crippen LogP contribution in [0.4, 0.5) is 0 Å². The van der Waals surface area contributed by atoms with Crippen molar-refractivity contribution in [2.45, 2.75) is 53.4 Å². The highest BCUT2D eigenvalue weighted by atomic mass is 32.1.